The molecule has 2 aromatic rings. The average Bonchev–Trinajstić information content (AvgIpc) is 2.71. The van der Waals surface area contributed by atoms with Crippen molar-refractivity contribution in [2.75, 3.05) is 13.7 Å². The molecule has 0 aliphatic heterocycles. The number of rotatable bonds is 4. The third kappa shape index (κ3) is 2.48. The van der Waals surface area contributed by atoms with Crippen LogP contribution in [-0.2, 0) is 24.1 Å². The van der Waals surface area contributed by atoms with Gasteiger partial charge >= 0.3 is 5.97 Å². The molecule has 0 bridgehead atoms. The molecule has 0 saturated heterocycles. The van der Waals surface area contributed by atoms with Crippen LogP contribution in [-0.4, -0.2) is 44.4 Å². The zero-order valence-electron chi connectivity index (χ0n) is 13.5. The highest BCUT2D eigenvalue weighted by atomic mass is 16.5. The number of methoxy groups -OCH3 is 1. The number of aromatic amines is 1. The largest absolute Gasteiger partial charge is 0.506 e. The minimum Gasteiger partial charge on any atom is -0.506 e. The molecule has 2 heterocycles. The molecule has 8 nitrogen and oxygen atoms in total. The van der Waals surface area contributed by atoms with Crippen molar-refractivity contribution in [3.63, 3.8) is 0 Å². The first-order valence-corrected chi connectivity index (χ1v) is 7.72. The molecular weight excluding hydrogens is 314 g/mol. The Balaban J connectivity index is 2.23. The normalized spacial score (nSPS) is 13.2. The summed E-state index contributed by atoms with van der Waals surface area (Å²) in [5, 5.41) is 19.4. The van der Waals surface area contributed by atoms with Gasteiger partial charge in [-0.25, -0.2) is 9.78 Å². The Hall–Kier alpha value is -2.61. The minimum atomic E-state index is -1.44. The smallest absolute Gasteiger partial charge is 0.345 e. The van der Waals surface area contributed by atoms with Gasteiger partial charge in [-0.2, -0.15) is 0 Å². The lowest BCUT2D eigenvalue weighted by Gasteiger charge is -2.10. The molecule has 24 heavy (non-hydrogen) atoms. The van der Waals surface area contributed by atoms with E-state index in [2.05, 4.69) is 9.97 Å². The van der Waals surface area contributed by atoms with Crippen molar-refractivity contribution in [1.82, 2.24) is 14.5 Å². The van der Waals surface area contributed by atoms with E-state index in [-0.39, 0.29) is 0 Å². The lowest BCUT2D eigenvalue weighted by atomic mass is 10.0. The van der Waals surface area contributed by atoms with Crippen molar-refractivity contribution in [2.24, 2.45) is 0 Å². The molecule has 3 N–H and O–H groups in total. The Bertz CT molecular complexity index is 866. The number of aryl methyl sites for hydroxylation is 1. The van der Waals surface area contributed by atoms with Gasteiger partial charge < -0.3 is 24.5 Å². The summed E-state index contributed by atoms with van der Waals surface area (Å²) in [4.78, 5) is 30.5. The van der Waals surface area contributed by atoms with Crippen molar-refractivity contribution in [3.8, 4) is 17.1 Å². The number of nitrogens with zero attached hydrogens (tertiary/aromatic N) is 2. The van der Waals surface area contributed by atoms with Crippen molar-refractivity contribution in [2.45, 2.75) is 32.7 Å². The van der Waals surface area contributed by atoms with Crippen LogP contribution in [0.5, 0.6) is 5.75 Å². The fourth-order valence-electron chi connectivity index (χ4n) is 3.25. The number of ether oxygens (including phenoxy) is 1. The van der Waals surface area contributed by atoms with Gasteiger partial charge in [0.15, 0.2) is 5.56 Å². The molecule has 0 radical (unpaired) electrons. The third-order valence-corrected chi connectivity index (χ3v) is 4.36. The molecule has 128 valence electrons. The van der Waals surface area contributed by atoms with E-state index in [4.69, 9.17) is 9.84 Å². The minimum absolute atomic E-state index is 0.411. The maximum atomic E-state index is 12.1. The van der Waals surface area contributed by atoms with Crippen molar-refractivity contribution >= 4 is 5.97 Å². The van der Waals surface area contributed by atoms with Crippen LogP contribution in [0.15, 0.2) is 4.79 Å². The van der Waals surface area contributed by atoms with Gasteiger partial charge in [0.2, 0.25) is 0 Å². The van der Waals surface area contributed by atoms with Gasteiger partial charge in [-0.15, -0.1) is 0 Å². The highest BCUT2D eigenvalue weighted by molar-refractivity contribution is 5.91. The Morgan fingerprint density at radius 3 is 2.83 bits per heavy atom. The van der Waals surface area contributed by atoms with Crippen LogP contribution >= 0.6 is 0 Å². The van der Waals surface area contributed by atoms with Gasteiger partial charge in [-0.3, -0.25) is 4.79 Å². The molecular formula is C16H19N3O5. The molecule has 1 aliphatic carbocycles. The maximum Gasteiger partial charge on any atom is 0.345 e. The van der Waals surface area contributed by atoms with E-state index in [1.807, 2.05) is 11.5 Å². The monoisotopic (exact) mass is 333 g/mol. The van der Waals surface area contributed by atoms with Gasteiger partial charge in [0, 0.05) is 24.9 Å². The van der Waals surface area contributed by atoms with E-state index in [0.29, 0.717) is 36.5 Å². The number of carboxylic acid groups (broad SMARTS) is 1. The number of hydrogen-bond donors (Lipinski definition) is 3. The summed E-state index contributed by atoms with van der Waals surface area (Å²) in [5.41, 5.74) is 0.960. The predicted octanol–water partition coefficient (Wildman–Crippen LogP) is 1.09. The van der Waals surface area contributed by atoms with Gasteiger partial charge in [0.1, 0.15) is 17.3 Å². The molecule has 0 saturated carbocycles. The molecule has 8 heteroatoms. The topological polar surface area (TPSA) is 117 Å². The number of fused-ring (bicyclic) bond motifs is 3. The molecule has 0 amide bonds. The fraction of sp³-hybridized carbons (Fsp3) is 0.438. The van der Waals surface area contributed by atoms with Crippen molar-refractivity contribution < 1.29 is 19.7 Å². The van der Waals surface area contributed by atoms with E-state index in [0.717, 1.165) is 24.4 Å². The number of carbonyl (C=O) groups is 1. The number of aromatic nitrogens is 3. The van der Waals surface area contributed by atoms with Crippen LogP contribution in [0.4, 0.5) is 0 Å². The molecule has 1 aliphatic rings. The van der Waals surface area contributed by atoms with Crippen molar-refractivity contribution in [3.05, 3.63) is 33.0 Å². The van der Waals surface area contributed by atoms with Crippen molar-refractivity contribution in [1.29, 1.82) is 0 Å². The molecule has 0 atom stereocenters. The van der Waals surface area contributed by atoms with Gasteiger partial charge in [0.05, 0.1) is 12.3 Å². The lowest BCUT2D eigenvalue weighted by Crippen LogP contribution is -2.20. The maximum absolute atomic E-state index is 12.1. The SMILES string of the molecule is COCCn1c(C)nc2c1CCCc1c-2[nH]c(=O)c(C(=O)O)c1O. The summed E-state index contributed by atoms with van der Waals surface area (Å²) >= 11 is 0. The molecule has 0 unspecified atom stereocenters. The highest BCUT2D eigenvalue weighted by Crippen LogP contribution is 2.35. The summed E-state index contributed by atoms with van der Waals surface area (Å²) in [7, 11) is 1.63. The highest BCUT2D eigenvalue weighted by Gasteiger charge is 2.28. The molecule has 2 aromatic heterocycles. The number of imidazole rings is 1. The van der Waals surface area contributed by atoms with Crippen LogP contribution in [0.25, 0.3) is 11.4 Å². The first kappa shape index (κ1) is 16.3. The average molecular weight is 333 g/mol. The second kappa shape index (κ2) is 6.12. The Morgan fingerprint density at radius 1 is 1.42 bits per heavy atom. The van der Waals surface area contributed by atoms with Crippen LogP contribution in [0.2, 0.25) is 0 Å². The fourth-order valence-corrected chi connectivity index (χ4v) is 3.25. The number of carboxylic acids is 1. The van der Waals surface area contributed by atoms with Gasteiger partial charge in [-0.1, -0.05) is 0 Å². The molecule has 3 rings (SSSR count). The number of H-pyrrole nitrogens is 1. The first-order valence-electron chi connectivity index (χ1n) is 7.72. The summed E-state index contributed by atoms with van der Waals surface area (Å²) in [6.07, 6.45) is 1.91. The second-order valence-electron chi connectivity index (χ2n) is 5.79. The summed E-state index contributed by atoms with van der Waals surface area (Å²) in [6.45, 7) is 3.05. The van der Waals surface area contributed by atoms with E-state index in [1.54, 1.807) is 7.11 Å². The van der Waals surface area contributed by atoms with Gasteiger partial charge in [-0.05, 0) is 26.2 Å². The second-order valence-corrected chi connectivity index (χ2v) is 5.79. The number of aromatic hydroxyl groups is 1. The molecule has 0 spiro atoms. The van der Waals surface area contributed by atoms with Crippen LogP contribution < -0.4 is 5.56 Å². The molecule has 0 aromatic carbocycles. The first-order chi connectivity index (χ1) is 11.5. The summed E-state index contributed by atoms with van der Waals surface area (Å²) in [6, 6.07) is 0. The summed E-state index contributed by atoms with van der Waals surface area (Å²) in [5.74, 6) is -1.12. The molecule has 0 fully saturated rings. The Morgan fingerprint density at radius 2 is 2.17 bits per heavy atom. The van der Waals surface area contributed by atoms with E-state index in [9.17, 15) is 14.7 Å². The predicted molar refractivity (Wildman–Crippen MR) is 85.5 cm³/mol. The number of hydrogen-bond acceptors (Lipinski definition) is 5. The number of aromatic carboxylic acids is 1. The number of pyridine rings is 1. The van der Waals surface area contributed by atoms with Crippen LogP contribution in [0.1, 0.15) is 33.9 Å². The Kier molecular flexibility index (Phi) is 4.15. The third-order valence-electron chi connectivity index (χ3n) is 4.36. The Labute approximate surface area is 137 Å². The van der Waals surface area contributed by atoms with Gasteiger partial charge in [0.25, 0.3) is 5.56 Å². The quantitative estimate of drug-likeness (QED) is 0.771. The zero-order chi connectivity index (χ0) is 17.4. The van der Waals surface area contributed by atoms with E-state index in [1.165, 1.54) is 0 Å². The van der Waals surface area contributed by atoms with E-state index >= 15 is 0 Å². The summed E-state index contributed by atoms with van der Waals surface area (Å²) < 4.78 is 7.17. The zero-order valence-corrected chi connectivity index (χ0v) is 13.5. The number of nitrogens with one attached hydrogen (secondary N) is 1. The standard InChI is InChI=1S/C16H19N3O5/c1-8-17-13-10(19(8)6-7-24-2)5-3-4-9-12(13)18-15(21)11(14(9)20)16(22)23/h3-7H2,1-2H3,(H,22,23)(H2,18,20,21). The van der Waals surface area contributed by atoms with E-state index < -0.39 is 22.8 Å². The lowest BCUT2D eigenvalue weighted by molar-refractivity contribution is 0.0691. The van der Waals surface area contributed by atoms with Crippen LogP contribution in [0.3, 0.4) is 0 Å². The van der Waals surface area contributed by atoms with Crippen LogP contribution in [0, 0.1) is 6.92 Å².